The molecule has 0 aliphatic rings. The van der Waals surface area contributed by atoms with Crippen LogP contribution in [-0.4, -0.2) is 39.7 Å². The maximum atomic E-state index is 13.5. The topological polar surface area (TPSA) is 79.3 Å². The first-order valence-electron chi connectivity index (χ1n) is 11.0. The zero-order valence-corrected chi connectivity index (χ0v) is 18.9. The number of nitrogens with one attached hydrogen (secondary N) is 2. The van der Waals surface area contributed by atoms with E-state index in [1.165, 1.54) is 11.0 Å². The van der Waals surface area contributed by atoms with Crippen molar-refractivity contribution in [3.63, 3.8) is 0 Å². The van der Waals surface area contributed by atoms with Crippen LogP contribution >= 0.6 is 0 Å². The fourth-order valence-corrected chi connectivity index (χ4v) is 3.45. The third kappa shape index (κ3) is 5.70. The fraction of sp³-hybridized carbons (Fsp3) is 0.115. The molecule has 0 aliphatic heterocycles. The third-order valence-corrected chi connectivity index (χ3v) is 5.22. The van der Waals surface area contributed by atoms with Gasteiger partial charge in [-0.2, -0.15) is 5.10 Å². The summed E-state index contributed by atoms with van der Waals surface area (Å²) in [5.41, 5.74) is 2.41. The minimum atomic E-state index is -1.08. The molecule has 0 radical (unpaired) electrons. The van der Waals surface area contributed by atoms with Crippen LogP contribution in [0, 0.1) is 11.6 Å². The van der Waals surface area contributed by atoms with Gasteiger partial charge in [0.2, 0.25) is 5.91 Å². The molecule has 0 fully saturated rings. The summed E-state index contributed by atoms with van der Waals surface area (Å²) in [4.78, 5) is 26.7. The molecular formula is C26H23F2N5O2. The van der Waals surface area contributed by atoms with Gasteiger partial charge in [-0.15, -0.1) is 0 Å². The van der Waals surface area contributed by atoms with Crippen LogP contribution in [0.2, 0.25) is 0 Å². The molecule has 0 aliphatic carbocycles. The van der Waals surface area contributed by atoms with Crippen LogP contribution < -0.4 is 10.6 Å². The van der Waals surface area contributed by atoms with Gasteiger partial charge in [0.1, 0.15) is 12.4 Å². The predicted molar refractivity (Wildman–Crippen MR) is 130 cm³/mol. The second-order valence-electron chi connectivity index (χ2n) is 7.65. The van der Waals surface area contributed by atoms with Crippen molar-refractivity contribution in [3.05, 3.63) is 96.6 Å². The molecule has 178 valence electrons. The van der Waals surface area contributed by atoms with Crippen LogP contribution in [0.15, 0.2) is 84.9 Å². The van der Waals surface area contributed by atoms with Crippen molar-refractivity contribution in [2.45, 2.75) is 6.92 Å². The summed E-state index contributed by atoms with van der Waals surface area (Å²) in [7, 11) is 0. The largest absolute Gasteiger partial charge is 0.322 e. The zero-order chi connectivity index (χ0) is 24.8. The molecule has 2 N–H and O–H groups in total. The Morgan fingerprint density at radius 3 is 2.23 bits per heavy atom. The lowest BCUT2D eigenvalue weighted by atomic mass is 10.1. The molecule has 9 heteroatoms. The molecule has 35 heavy (non-hydrogen) atoms. The van der Waals surface area contributed by atoms with Gasteiger partial charge < -0.3 is 15.5 Å². The van der Waals surface area contributed by atoms with Crippen molar-refractivity contribution < 1.29 is 18.4 Å². The number of urea groups is 1. The molecule has 1 aromatic heterocycles. The van der Waals surface area contributed by atoms with Gasteiger partial charge in [-0.05, 0) is 31.2 Å². The summed E-state index contributed by atoms with van der Waals surface area (Å²) >= 11 is 0. The molecule has 0 saturated carbocycles. The number of carbonyl (C=O) groups excluding carboxylic acids is 2. The molecular weight excluding hydrogens is 452 g/mol. The van der Waals surface area contributed by atoms with Crippen LogP contribution in [0.4, 0.5) is 25.1 Å². The Balaban J connectivity index is 1.51. The lowest BCUT2D eigenvalue weighted by Gasteiger charge is -2.21. The van der Waals surface area contributed by atoms with Crippen LogP contribution in [0.25, 0.3) is 16.9 Å². The standard InChI is InChI=1S/C26H23F2N5O2/c1-2-32(26(35)29-19-13-14-21(27)22(28)15-19)17-25(34)30-24-16-23(18-9-5-3-6-10-18)31-33(24)20-11-7-4-8-12-20/h3-16H,2,17H2,1H3,(H,29,35)(H,30,34). The number of likely N-dealkylation sites (N-methyl/N-ethyl adjacent to an activating group) is 1. The number of amides is 3. The fourth-order valence-electron chi connectivity index (χ4n) is 3.45. The van der Waals surface area contributed by atoms with Crippen molar-refractivity contribution in [1.82, 2.24) is 14.7 Å². The number of anilines is 2. The number of aromatic nitrogens is 2. The van der Waals surface area contributed by atoms with Gasteiger partial charge in [0.25, 0.3) is 0 Å². The average molecular weight is 475 g/mol. The summed E-state index contributed by atoms with van der Waals surface area (Å²) in [5, 5.41) is 9.96. The van der Waals surface area contributed by atoms with E-state index in [0.29, 0.717) is 11.5 Å². The summed E-state index contributed by atoms with van der Waals surface area (Å²) in [6.45, 7) is 1.67. The first-order chi connectivity index (χ1) is 16.9. The van der Waals surface area contributed by atoms with Gasteiger partial charge in [0.05, 0.1) is 11.4 Å². The Labute approximate surface area is 201 Å². The minimum absolute atomic E-state index is 0.0856. The van der Waals surface area contributed by atoms with Crippen LogP contribution in [-0.2, 0) is 4.79 Å². The van der Waals surface area contributed by atoms with Crippen molar-refractivity contribution in [2.24, 2.45) is 0 Å². The SMILES string of the molecule is CCN(CC(=O)Nc1cc(-c2ccccc2)nn1-c1ccccc1)C(=O)Nc1ccc(F)c(F)c1. The van der Waals surface area contributed by atoms with E-state index in [1.54, 1.807) is 17.7 Å². The van der Waals surface area contributed by atoms with Crippen LogP contribution in [0.1, 0.15) is 6.92 Å². The molecule has 7 nitrogen and oxygen atoms in total. The Hall–Kier alpha value is -4.53. The van der Waals surface area contributed by atoms with Crippen molar-refractivity contribution in [2.75, 3.05) is 23.7 Å². The first-order valence-corrected chi connectivity index (χ1v) is 11.0. The Morgan fingerprint density at radius 1 is 0.886 bits per heavy atom. The van der Waals surface area contributed by atoms with E-state index < -0.39 is 23.6 Å². The van der Waals surface area contributed by atoms with Crippen LogP contribution in [0.3, 0.4) is 0 Å². The predicted octanol–water partition coefficient (Wildman–Crippen LogP) is 5.31. The molecule has 3 amide bonds. The maximum absolute atomic E-state index is 13.5. The lowest BCUT2D eigenvalue weighted by Crippen LogP contribution is -2.40. The van der Waals surface area contributed by atoms with Gasteiger partial charge in [0, 0.05) is 29.9 Å². The molecule has 0 saturated heterocycles. The molecule has 0 bridgehead atoms. The highest BCUT2D eigenvalue weighted by molar-refractivity contribution is 5.97. The minimum Gasteiger partial charge on any atom is -0.315 e. The molecule has 4 aromatic rings. The van der Waals surface area contributed by atoms with E-state index >= 15 is 0 Å². The second kappa shape index (κ2) is 10.6. The number of rotatable bonds is 7. The van der Waals surface area contributed by atoms with E-state index in [1.807, 2.05) is 60.7 Å². The number of hydrogen-bond acceptors (Lipinski definition) is 3. The van der Waals surface area contributed by atoms with Crippen molar-refractivity contribution in [1.29, 1.82) is 0 Å². The molecule has 1 heterocycles. The van der Waals surface area contributed by atoms with Gasteiger partial charge in [0.15, 0.2) is 11.6 Å². The third-order valence-electron chi connectivity index (χ3n) is 5.22. The Kier molecular flexibility index (Phi) is 7.15. The number of hydrogen-bond donors (Lipinski definition) is 2. The summed E-state index contributed by atoms with van der Waals surface area (Å²) in [6, 6.07) is 23.1. The number of nitrogens with zero attached hydrogens (tertiary/aromatic N) is 3. The molecule has 0 atom stereocenters. The van der Waals surface area contributed by atoms with E-state index in [2.05, 4.69) is 15.7 Å². The van der Waals surface area contributed by atoms with E-state index in [0.717, 1.165) is 23.4 Å². The van der Waals surface area contributed by atoms with E-state index in [9.17, 15) is 18.4 Å². The van der Waals surface area contributed by atoms with Gasteiger partial charge >= 0.3 is 6.03 Å². The van der Waals surface area contributed by atoms with Gasteiger partial charge in [-0.1, -0.05) is 48.5 Å². The summed E-state index contributed by atoms with van der Waals surface area (Å²) in [5.74, 6) is -2.09. The molecule has 0 spiro atoms. The Bertz CT molecular complexity index is 1330. The first kappa shape index (κ1) is 23.6. The number of para-hydroxylation sites is 1. The summed E-state index contributed by atoms with van der Waals surface area (Å²) in [6.07, 6.45) is 0. The molecule has 0 unspecified atom stereocenters. The lowest BCUT2D eigenvalue weighted by molar-refractivity contribution is -0.116. The Morgan fingerprint density at radius 2 is 1.57 bits per heavy atom. The van der Waals surface area contributed by atoms with Crippen molar-refractivity contribution >= 4 is 23.4 Å². The van der Waals surface area contributed by atoms with Gasteiger partial charge in [-0.3, -0.25) is 4.79 Å². The molecule has 4 rings (SSSR count). The maximum Gasteiger partial charge on any atom is 0.322 e. The van der Waals surface area contributed by atoms with Crippen LogP contribution in [0.5, 0.6) is 0 Å². The molecule has 3 aromatic carbocycles. The zero-order valence-electron chi connectivity index (χ0n) is 18.9. The van der Waals surface area contributed by atoms with Crippen molar-refractivity contribution in [3.8, 4) is 16.9 Å². The smallest absolute Gasteiger partial charge is 0.315 e. The summed E-state index contributed by atoms with van der Waals surface area (Å²) < 4.78 is 28.2. The quantitative estimate of drug-likeness (QED) is 0.380. The van der Waals surface area contributed by atoms with Gasteiger partial charge in [-0.25, -0.2) is 18.3 Å². The second-order valence-corrected chi connectivity index (χ2v) is 7.65. The highest BCUT2D eigenvalue weighted by atomic mass is 19.2. The number of benzene rings is 3. The number of halogens is 2. The number of carbonyl (C=O) groups is 2. The monoisotopic (exact) mass is 475 g/mol. The normalized spacial score (nSPS) is 10.6. The van der Waals surface area contributed by atoms with E-state index in [4.69, 9.17) is 0 Å². The van der Waals surface area contributed by atoms with E-state index in [-0.39, 0.29) is 18.8 Å². The average Bonchev–Trinajstić information content (AvgIpc) is 3.29. The highest BCUT2D eigenvalue weighted by Crippen LogP contribution is 2.24. The highest BCUT2D eigenvalue weighted by Gasteiger charge is 2.19.